The second-order valence-corrected chi connectivity index (χ2v) is 5.20. The highest BCUT2D eigenvalue weighted by atomic mass is 16.5. The molecule has 0 atom stereocenters. The molecule has 0 aliphatic carbocycles. The number of nitrogens with one attached hydrogen (secondary N) is 2. The number of ether oxygens (including phenoxy) is 2. The van der Waals surface area contributed by atoms with E-state index in [1.807, 2.05) is 19.9 Å². The van der Waals surface area contributed by atoms with E-state index >= 15 is 0 Å². The van der Waals surface area contributed by atoms with Crippen molar-refractivity contribution in [3.8, 4) is 11.5 Å². The molecule has 2 rings (SSSR count). The summed E-state index contributed by atoms with van der Waals surface area (Å²) in [6, 6.07) is 6.78. The van der Waals surface area contributed by atoms with Crippen LogP contribution in [0, 0.1) is 13.8 Å². The Bertz CT molecular complexity index is 781. The summed E-state index contributed by atoms with van der Waals surface area (Å²) >= 11 is 0. The maximum absolute atomic E-state index is 12.3. The molecule has 6 heteroatoms. The van der Waals surface area contributed by atoms with Gasteiger partial charge >= 0.3 is 0 Å². The number of aromatic amines is 1. The molecule has 0 unspecified atom stereocenters. The zero-order valence-electron chi connectivity index (χ0n) is 13.6. The number of methoxy groups -OCH3 is 2. The predicted molar refractivity (Wildman–Crippen MR) is 87.3 cm³/mol. The summed E-state index contributed by atoms with van der Waals surface area (Å²) in [5.74, 6) is 0.740. The average molecular weight is 316 g/mol. The van der Waals surface area contributed by atoms with Crippen molar-refractivity contribution in [2.45, 2.75) is 20.4 Å². The van der Waals surface area contributed by atoms with E-state index in [4.69, 9.17) is 9.47 Å². The lowest BCUT2D eigenvalue weighted by atomic mass is 10.1. The molecule has 1 heterocycles. The SMILES string of the molecule is COc1ccc(C(=O)NCc2c(C)cc(C)[nH]c2=O)cc1OC. The molecule has 6 nitrogen and oxygen atoms in total. The minimum absolute atomic E-state index is 0.161. The van der Waals surface area contributed by atoms with E-state index in [1.165, 1.54) is 14.2 Å². The fraction of sp³-hybridized carbons (Fsp3) is 0.294. The molecule has 0 radical (unpaired) electrons. The van der Waals surface area contributed by atoms with E-state index in [0.29, 0.717) is 22.6 Å². The molecule has 2 N–H and O–H groups in total. The van der Waals surface area contributed by atoms with Gasteiger partial charge in [-0.3, -0.25) is 9.59 Å². The van der Waals surface area contributed by atoms with Crippen molar-refractivity contribution in [1.82, 2.24) is 10.3 Å². The monoisotopic (exact) mass is 316 g/mol. The Morgan fingerprint density at radius 1 is 1.13 bits per heavy atom. The zero-order chi connectivity index (χ0) is 17.0. The summed E-state index contributed by atoms with van der Waals surface area (Å²) in [7, 11) is 3.04. The number of aromatic nitrogens is 1. The molecule has 1 aromatic carbocycles. The number of aryl methyl sites for hydroxylation is 2. The lowest BCUT2D eigenvalue weighted by Crippen LogP contribution is -2.27. The molecule has 23 heavy (non-hydrogen) atoms. The molecule has 0 bridgehead atoms. The van der Waals surface area contributed by atoms with Gasteiger partial charge in [0.1, 0.15) is 0 Å². The second-order valence-electron chi connectivity index (χ2n) is 5.20. The van der Waals surface area contributed by atoms with Crippen LogP contribution in [0.1, 0.15) is 27.2 Å². The Kier molecular flexibility index (Phi) is 5.05. The smallest absolute Gasteiger partial charge is 0.253 e. The van der Waals surface area contributed by atoms with Crippen LogP contribution >= 0.6 is 0 Å². The van der Waals surface area contributed by atoms with Crippen LogP contribution in [-0.4, -0.2) is 25.1 Å². The van der Waals surface area contributed by atoms with Gasteiger partial charge in [0.15, 0.2) is 11.5 Å². The first-order chi connectivity index (χ1) is 11.0. The van der Waals surface area contributed by atoms with E-state index in [2.05, 4.69) is 10.3 Å². The first kappa shape index (κ1) is 16.6. The van der Waals surface area contributed by atoms with Gasteiger partial charge in [-0.1, -0.05) is 0 Å². The van der Waals surface area contributed by atoms with Crippen LogP contribution in [0.25, 0.3) is 0 Å². The standard InChI is InChI=1S/C17H20N2O4/c1-10-7-11(2)19-17(21)13(10)9-18-16(20)12-5-6-14(22-3)15(8-12)23-4/h5-8H,9H2,1-4H3,(H,18,20)(H,19,21). The van der Waals surface area contributed by atoms with E-state index in [-0.39, 0.29) is 18.0 Å². The van der Waals surface area contributed by atoms with Crippen LogP contribution in [0.5, 0.6) is 11.5 Å². The Morgan fingerprint density at radius 2 is 1.83 bits per heavy atom. The molecule has 0 aliphatic rings. The highest BCUT2D eigenvalue weighted by molar-refractivity contribution is 5.94. The highest BCUT2D eigenvalue weighted by Crippen LogP contribution is 2.27. The topological polar surface area (TPSA) is 80.4 Å². The fourth-order valence-electron chi connectivity index (χ4n) is 2.35. The normalized spacial score (nSPS) is 10.3. The van der Waals surface area contributed by atoms with Crippen molar-refractivity contribution in [1.29, 1.82) is 0 Å². The van der Waals surface area contributed by atoms with Gasteiger partial charge in [0.2, 0.25) is 0 Å². The van der Waals surface area contributed by atoms with Gasteiger partial charge in [-0.05, 0) is 43.7 Å². The molecule has 0 saturated heterocycles. The molecule has 1 amide bonds. The first-order valence-corrected chi connectivity index (χ1v) is 7.16. The van der Waals surface area contributed by atoms with Crippen LogP contribution in [0.3, 0.4) is 0 Å². The van der Waals surface area contributed by atoms with Crippen LogP contribution < -0.4 is 20.3 Å². The quantitative estimate of drug-likeness (QED) is 0.883. The molecule has 122 valence electrons. The number of H-pyrrole nitrogens is 1. The zero-order valence-corrected chi connectivity index (χ0v) is 13.6. The van der Waals surface area contributed by atoms with Crippen molar-refractivity contribution < 1.29 is 14.3 Å². The lowest BCUT2D eigenvalue weighted by Gasteiger charge is -2.11. The van der Waals surface area contributed by atoms with Crippen molar-refractivity contribution in [2.24, 2.45) is 0 Å². The van der Waals surface area contributed by atoms with E-state index in [1.54, 1.807) is 18.2 Å². The van der Waals surface area contributed by atoms with Crippen molar-refractivity contribution in [3.63, 3.8) is 0 Å². The summed E-state index contributed by atoms with van der Waals surface area (Å²) < 4.78 is 10.3. The Morgan fingerprint density at radius 3 is 2.43 bits per heavy atom. The first-order valence-electron chi connectivity index (χ1n) is 7.16. The van der Waals surface area contributed by atoms with Gasteiger partial charge in [-0.15, -0.1) is 0 Å². The van der Waals surface area contributed by atoms with Gasteiger partial charge in [-0.2, -0.15) is 0 Å². The molecule has 2 aromatic rings. The minimum atomic E-state index is -0.287. The van der Waals surface area contributed by atoms with Crippen molar-refractivity contribution >= 4 is 5.91 Å². The largest absolute Gasteiger partial charge is 0.493 e. The van der Waals surface area contributed by atoms with Crippen LogP contribution in [0.2, 0.25) is 0 Å². The minimum Gasteiger partial charge on any atom is -0.493 e. The van der Waals surface area contributed by atoms with E-state index < -0.39 is 0 Å². The lowest BCUT2D eigenvalue weighted by molar-refractivity contribution is 0.0950. The second kappa shape index (κ2) is 7.00. The third kappa shape index (κ3) is 3.71. The maximum Gasteiger partial charge on any atom is 0.253 e. The number of rotatable bonds is 5. The summed E-state index contributed by atoms with van der Waals surface area (Å²) in [6.07, 6.45) is 0. The predicted octanol–water partition coefficient (Wildman–Crippen LogP) is 1.94. The van der Waals surface area contributed by atoms with E-state index in [0.717, 1.165) is 11.3 Å². The van der Waals surface area contributed by atoms with Crippen molar-refractivity contribution in [2.75, 3.05) is 14.2 Å². The number of hydrogen-bond donors (Lipinski definition) is 2. The summed E-state index contributed by atoms with van der Waals surface area (Å²) in [4.78, 5) is 26.9. The number of carbonyl (C=O) groups is 1. The average Bonchev–Trinajstić information content (AvgIpc) is 2.52. The van der Waals surface area contributed by atoms with Gasteiger partial charge in [0, 0.05) is 23.4 Å². The van der Waals surface area contributed by atoms with Crippen LogP contribution in [0.15, 0.2) is 29.1 Å². The molecule has 0 spiro atoms. The Balaban J connectivity index is 2.16. The number of carbonyl (C=O) groups excluding carboxylic acids is 1. The fourth-order valence-corrected chi connectivity index (χ4v) is 2.35. The maximum atomic E-state index is 12.3. The highest BCUT2D eigenvalue weighted by Gasteiger charge is 2.12. The third-order valence-corrected chi connectivity index (χ3v) is 3.57. The van der Waals surface area contributed by atoms with E-state index in [9.17, 15) is 9.59 Å². The summed E-state index contributed by atoms with van der Waals surface area (Å²) in [5.41, 5.74) is 2.43. The van der Waals surface area contributed by atoms with Crippen LogP contribution in [-0.2, 0) is 6.54 Å². The molecular weight excluding hydrogens is 296 g/mol. The molecule has 0 fully saturated rings. The van der Waals surface area contributed by atoms with Crippen molar-refractivity contribution in [3.05, 3.63) is 57.0 Å². The van der Waals surface area contributed by atoms with Gasteiger partial charge in [0.05, 0.1) is 14.2 Å². The number of amides is 1. The molecule has 1 aromatic heterocycles. The molecular formula is C17H20N2O4. The Labute approximate surface area is 134 Å². The molecule has 0 saturated carbocycles. The van der Waals surface area contributed by atoms with Gasteiger partial charge < -0.3 is 19.8 Å². The number of pyridine rings is 1. The van der Waals surface area contributed by atoms with Gasteiger partial charge in [0.25, 0.3) is 11.5 Å². The number of benzene rings is 1. The summed E-state index contributed by atoms with van der Waals surface area (Å²) in [6.45, 7) is 3.83. The molecule has 0 aliphatic heterocycles. The third-order valence-electron chi connectivity index (χ3n) is 3.57. The van der Waals surface area contributed by atoms with Gasteiger partial charge in [-0.25, -0.2) is 0 Å². The Hall–Kier alpha value is -2.76. The number of hydrogen-bond acceptors (Lipinski definition) is 4. The van der Waals surface area contributed by atoms with Crippen LogP contribution in [0.4, 0.5) is 0 Å². The summed E-state index contributed by atoms with van der Waals surface area (Å²) in [5, 5.41) is 2.75.